The smallest absolute Gasteiger partial charge is 0.344 e. The third-order valence-corrected chi connectivity index (χ3v) is 6.60. The van der Waals surface area contributed by atoms with Crippen LogP contribution in [0.5, 0.6) is 5.75 Å². The number of aliphatic carboxylic acids is 1. The van der Waals surface area contributed by atoms with Crippen molar-refractivity contribution in [2.75, 3.05) is 72.4 Å². The molecule has 0 spiro atoms. The Morgan fingerprint density at radius 2 is 1.92 bits per heavy atom. The fraction of sp³-hybridized carbons (Fsp3) is 0.560. The third kappa shape index (κ3) is 5.17. The molecule has 0 saturated carbocycles. The molecule has 1 fully saturated rings. The molecule has 0 radical (unpaired) electrons. The van der Waals surface area contributed by atoms with E-state index in [0.717, 1.165) is 19.2 Å². The Morgan fingerprint density at radius 3 is 2.53 bits per heavy atom. The number of carboxylic acid groups (broad SMARTS) is 1. The van der Waals surface area contributed by atoms with Crippen molar-refractivity contribution < 1.29 is 33.0 Å². The standard InChI is InChI=1S/C25H33FN4O6/c1-15-14-35-24-21-17(11-19(26)22(24)28-8-6-27(2)7-9-28)23(33)18(12-29(15)21)25(34)36-16(10-20(31)32)13-30(3,4)5/h11-12,15-16H,6-10,13-14H2,1-5H3/t15-,16?/m0/s1. The molecule has 3 heterocycles. The Kier molecular flexibility index (Phi) is 6.98. The molecule has 1 aromatic carbocycles. The molecule has 0 amide bonds. The normalized spacial score (nSPS) is 19.2. The summed E-state index contributed by atoms with van der Waals surface area (Å²) < 4.78 is 29.0. The van der Waals surface area contributed by atoms with Gasteiger partial charge in [0.25, 0.3) is 0 Å². The number of anilines is 1. The number of aromatic nitrogens is 1. The van der Waals surface area contributed by atoms with Gasteiger partial charge in [-0.25, -0.2) is 9.18 Å². The number of likely N-dealkylation sites (N-methyl/N-ethyl adjacent to an activating group) is 2. The van der Waals surface area contributed by atoms with Crippen LogP contribution in [0.4, 0.5) is 10.1 Å². The van der Waals surface area contributed by atoms with Crippen LogP contribution in [0.1, 0.15) is 29.7 Å². The summed E-state index contributed by atoms with van der Waals surface area (Å²) in [5, 5.41) is 11.2. The number of hydrogen-bond acceptors (Lipinski definition) is 8. The fourth-order valence-corrected chi connectivity index (χ4v) is 4.84. The molecular weight excluding hydrogens is 471 g/mol. The molecule has 1 saturated heterocycles. The first-order chi connectivity index (χ1) is 16.9. The van der Waals surface area contributed by atoms with Gasteiger partial charge < -0.3 is 38.2 Å². The summed E-state index contributed by atoms with van der Waals surface area (Å²) in [5.74, 6) is -2.61. The van der Waals surface area contributed by atoms with E-state index >= 15 is 4.39 Å². The van der Waals surface area contributed by atoms with Crippen LogP contribution in [-0.2, 0) is 9.53 Å². The molecule has 0 N–H and O–H groups in total. The number of hydrogen-bond donors (Lipinski definition) is 0. The van der Waals surface area contributed by atoms with Crippen molar-refractivity contribution in [1.82, 2.24) is 9.47 Å². The van der Waals surface area contributed by atoms with E-state index in [9.17, 15) is 19.5 Å². The summed E-state index contributed by atoms with van der Waals surface area (Å²) in [6.07, 6.45) is -0.0794. The SMILES string of the molecule is C[C@H]1COc2c(N3CCN(C)CC3)c(F)cc3c(=O)c(C(=O)OC(CC(=O)[O-])C[N+](C)(C)C)cn1c23. The molecule has 0 aliphatic carbocycles. The van der Waals surface area contributed by atoms with Gasteiger partial charge in [-0.3, -0.25) is 4.79 Å². The van der Waals surface area contributed by atoms with Gasteiger partial charge in [0, 0.05) is 44.8 Å². The lowest BCUT2D eigenvalue weighted by molar-refractivity contribution is -0.873. The van der Waals surface area contributed by atoms with Crippen molar-refractivity contribution in [3.8, 4) is 5.75 Å². The van der Waals surface area contributed by atoms with Crippen molar-refractivity contribution in [2.45, 2.75) is 25.5 Å². The van der Waals surface area contributed by atoms with Crippen molar-refractivity contribution in [2.24, 2.45) is 0 Å². The van der Waals surface area contributed by atoms with Crippen LogP contribution in [0.2, 0.25) is 0 Å². The number of benzene rings is 1. The second-order valence-electron chi connectivity index (χ2n) is 10.7. The Hall–Kier alpha value is -3.18. The molecule has 2 aliphatic heterocycles. The Labute approximate surface area is 209 Å². The maximum absolute atomic E-state index is 15.5. The van der Waals surface area contributed by atoms with Crippen molar-refractivity contribution in [1.29, 1.82) is 0 Å². The molecule has 10 nitrogen and oxygen atoms in total. The number of nitrogens with zero attached hydrogens (tertiary/aromatic N) is 4. The van der Waals surface area contributed by atoms with E-state index in [1.54, 1.807) is 4.57 Å². The van der Waals surface area contributed by atoms with Crippen LogP contribution in [0.15, 0.2) is 17.1 Å². The largest absolute Gasteiger partial charge is 0.550 e. The number of pyridine rings is 1. The van der Waals surface area contributed by atoms with Crippen molar-refractivity contribution in [3.05, 3.63) is 33.9 Å². The Balaban J connectivity index is 1.78. The number of carbonyl (C=O) groups is 2. The van der Waals surface area contributed by atoms with E-state index in [4.69, 9.17) is 9.47 Å². The van der Waals surface area contributed by atoms with Gasteiger partial charge in [0.15, 0.2) is 17.7 Å². The van der Waals surface area contributed by atoms with Gasteiger partial charge in [0.1, 0.15) is 24.4 Å². The maximum atomic E-state index is 15.5. The predicted molar refractivity (Wildman–Crippen MR) is 130 cm³/mol. The summed E-state index contributed by atoms with van der Waals surface area (Å²) in [4.78, 5) is 41.8. The fourth-order valence-electron chi connectivity index (χ4n) is 4.84. The van der Waals surface area contributed by atoms with Crippen molar-refractivity contribution >= 4 is 28.5 Å². The molecule has 0 bridgehead atoms. The van der Waals surface area contributed by atoms with Crippen molar-refractivity contribution in [3.63, 3.8) is 0 Å². The second-order valence-corrected chi connectivity index (χ2v) is 10.7. The zero-order chi connectivity index (χ0) is 26.4. The van der Waals surface area contributed by atoms with Gasteiger partial charge in [-0.15, -0.1) is 0 Å². The number of ether oxygens (including phenoxy) is 2. The first kappa shape index (κ1) is 25.9. The van der Waals surface area contributed by atoms with Gasteiger partial charge >= 0.3 is 5.97 Å². The Bertz CT molecular complexity index is 1250. The van der Waals surface area contributed by atoms with Gasteiger partial charge in [-0.05, 0) is 20.0 Å². The molecule has 2 atom stereocenters. The zero-order valence-corrected chi connectivity index (χ0v) is 21.4. The minimum atomic E-state index is -1.36. The van der Waals surface area contributed by atoms with Crippen LogP contribution in [-0.4, -0.2) is 99.5 Å². The molecule has 4 rings (SSSR count). The number of piperazine rings is 1. The van der Waals surface area contributed by atoms with E-state index in [-0.39, 0.29) is 30.1 Å². The van der Waals surface area contributed by atoms with Crippen LogP contribution < -0.4 is 20.2 Å². The van der Waals surface area contributed by atoms with E-state index in [1.165, 1.54) is 6.20 Å². The van der Waals surface area contributed by atoms with Gasteiger partial charge in [-0.2, -0.15) is 0 Å². The first-order valence-corrected chi connectivity index (χ1v) is 12.0. The van der Waals surface area contributed by atoms with Crippen LogP contribution in [0, 0.1) is 5.82 Å². The predicted octanol–water partition coefficient (Wildman–Crippen LogP) is 0.217. The molecular formula is C25H33FN4O6. The lowest BCUT2D eigenvalue weighted by atomic mass is 10.1. The lowest BCUT2D eigenvalue weighted by Crippen LogP contribution is -2.45. The molecule has 196 valence electrons. The molecule has 2 aliphatic rings. The van der Waals surface area contributed by atoms with E-state index in [0.29, 0.717) is 34.5 Å². The summed E-state index contributed by atoms with van der Waals surface area (Å²) in [7, 11) is 7.49. The quantitative estimate of drug-likeness (QED) is 0.390. The number of halogens is 1. The molecule has 11 heteroatoms. The van der Waals surface area contributed by atoms with Crippen LogP contribution in [0.25, 0.3) is 10.9 Å². The molecule has 1 aromatic heterocycles. The van der Waals surface area contributed by atoms with E-state index < -0.39 is 35.7 Å². The topological polar surface area (TPSA) is 104 Å². The number of quaternary nitrogens is 1. The van der Waals surface area contributed by atoms with Crippen LogP contribution >= 0.6 is 0 Å². The molecule has 2 aromatic rings. The summed E-state index contributed by atoms with van der Waals surface area (Å²) in [6, 6.07) is 0.928. The number of rotatable bonds is 7. The van der Waals surface area contributed by atoms with Gasteiger partial charge in [0.05, 0.1) is 38.1 Å². The monoisotopic (exact) mass is 504 g/mol. The number of carboxylic acids is 1. The Morgan fingerprint density at radius 1 is 1.25 bits per heavy atom. The second kappa shape index (κ2) is 9.70. The minimum Gasteiger partial charge on any atom is -0.550 e. The third-order valence-electron chi connectivity index (χ3n) is 6.60. The zero-order valence-electron chi connectivity index (χ0n) is 21.4. The highest BCUT2D eigenvalue weighted by Crippen LogP contribution is 2.42. The van der Waals surface area contributed by atoms with Gasteiger partial charge in [-0.1, -0.05) is 0 Å². The summed E-state index contributed by atoms with van der Waals surface area (Å²) >= 11 is 0. The first-order valence-electron chi connectivity index (χ1n) is 12.0. The molecule has 36 heavy (non-hydrogen) atoms. The average molecular weight is 505 g/mol. The number of esters is 1. The number of carbonyl (C=O) groups excluding carboxylic acids is 2. The molecule has 1 unspecified atom stereocenters. The maximum Gasteiger partial charge on any atom is 0.344 e. The highest BCUT2D eigenvalue weighted by Gasteiger charge is 2.32. The van der Waals surface area contributed by atoms with E-state index in [1.807, 2.05) is 40.0 Å². The summed E-state index contributed by atoms with van der Waals surface area (Å²) in [5.41, 5.74) is -0.212. The van der Waals surface area contributed by atoms with Crippen LogP contribution in [0.3, 0.4) is 0 Å². The highest BCUT2D eigenvalue weighted by atomic mass is 19.1. The summed E-state index contributed by atoms with van der Waals surface area (Å²) in [6.45, 7) is 5.09. The minimum absolute atomic E-state index is 0.0180. The highest BCUT2D eigenvalue weighted by molar-refractivity contribution is 5.98. The van der Waals surface area contributed by atoms with E-state index in [2.05, 4.69) is 4.90 Å². The average Bonchev–Trinajstić information content (AvgIpc) is 2.76. The lowest BCUT2D eigenvalue weighted by Gasteiger charge is -2.37. The van der Waals surface area contributed by atoms with Gasteiger partial charge in [0.2, 0.25) is 5.43 Å².